The Morgan fingerprint density at radius 1 is 1.11 bits per heavy atom. The van der Waals surface area contributed by atoms with Crippen LogP contribution < -0.4 is 4.90 Å². The van der Waals surface area contributed by atoms with Gasteiger partial charge in [0.15, 0.2) is 0 Å². The smallest absolute Gasteiger partial charge is 0.0372 e. The summed E-state index contributed by atoms with van der Waals surface area (Å²) in [6.45, 7) is 11.0. The molecule has 0 amide bonds. The summed E-state index contributed by atoms with van der Waals surface area (Å²) in [6.07, 6.45) is 5.87. The minimum atomic E-state index is 1.07. The lowest BCUT2D eigenvalue weighted by Crippen LogP contribution is -2.21. The quantitative estimate of drug-likeness (QED) is 0.644. The number of nitrogens with zero attached hydrogens (tertiary/aromatic N) is 1. The fourth-order valence-corrected chi connectivity index (χ4v) is 2.37. The standard InChI is InChI=1S/C17H27N/c1-5-10-15(11-6-2)16-12-9-13-17(14-16)18(7-3)8-4/h9-10,12-14H,5-8,11H2,1-4H3/b15-10+. The number of hydrogen-bond acceptors (Lipinski definition) is 1. The molecule has 100 valence electrons. The van der Waals surface area contributed by atoms with Crippen molar-refractivity contribution in [3.63, 3.8) is 0 Å². The normalized spacial score (nSPS) is 11.7. The fraction of sp³-hybridized carbons (Fsp3) is 0.529. The van der Waals surface area contributed by atoms with Gasteiger partial charge in [0.25, 0.3) is 0 Å². The Hall–Kier alpha value is -1.24. The molecule has 0 fully saturated rings. The van der Waals surface area contributed by atoms with Crippen LogP contribution in [-0.4, -0.2) is 13.1 Å². The number of anilines is 1. The van der Waals surface area contributed by atoms with Crippen LogP contribution in [0, 0.1) is 0 Å². The monoisotopic (exact) mass is 245 g/mol. The zero-order valence-electron chi connectivity index (χ0n) is 12.4. The van der Waals surface area contributed by atoms with E-state index in [9.17, 15) is 0 Å². The molecule has 0 spiro atoms. The molecule has 0 saturated carbocycles. The fourth-order valence-electron chi connectivity index (χ4n) is 2.37. The Labute approximate surface area is 113 Å². The second-order valence-corrected chi connectivity index (χ2v) is 4.61. The molecular formula is C17H27N. The molecule has 1 rings (SSSR count). The van der Waals surface area contributed by atoms with E-state index >= 15 is 0 Å². The minimum absolute atomic E-state index is 1.07. The number of benzene rings is 1. The van der Waals surface area contributed by atoms with E-state index in [0.717, 1.165) is 19.5 Å². The largest absolute Gasteiger partial charge is 0.372 e. The molecule has 1 nitrogen and oxygen atoms in total. The summed E-state index contributed by atoms with van der Waals surface area (Å²) in [4.78, 5) is 2.40. The zero-order chi connectivity index (χ0) is 13.4. The first-order valence-corrected chi connectivity index (χ1v) is 7.31. The lowest BCUT2D eigenvalue weighted by atomic mass is 9.99. The Morgan fingerprint density at radius 2 is 1.83 bits per heavy atom. The highest BCUT2D eigenvalue weighted by atomic mass is 15.1. The van der Waals surface area contributed by atoms with Crippen LogP contribution in [0.5, 0.6) is 0 Å². The van der Waals surface area contributed by atoms with Crippen molar-refractivity contribution in [3.8, 4) is 0 Å². The number of hydrogen-bond donors (Lipinski definition) is 0. The molecule has 0 saturated heterocycles. The van der Waals surface area contributed by atoms with Gasteiger partial charge in [0, 0.05) is 18.8 Å². The van der Waals surface area contributed by atoms with Gasteiger partial charge in [0.1, 0.15) is 0 Å². The summed E-state index contributed by atoms with van der Waals surface area (Å²) >= 11 is 0. The third-order valence-corrected chi connectivity index (χ3v) is 3.32. The summed E-state index contributed by atoms with van der Waals surface area (Å²) in [5.74, 6) is 0. The molecule has 0 aliphatic rings. The van der Waals surface area contributed by atoms with E-state index in [4.69, 9.17) is 0 Å². The van der Waals surface area contributed by atoms with Crippen molar-refractivity contribution in [3.05, 3.63) is 35.9 Å². The topological polar surface area (TPSA) is 3.24 Å². The summed E-state index contributed by atoms with van der Waals surface area (Å²) < 4.78 is 0. The summed E-state index contributed by atoms with van der Waals surface area (Å²) in [6, 6.07) is 8.97. The molecule has 0 aliphatic heterocycles. The number of rotatable bonds is 7. The Bertz CT molecular complexity index is 375. The van der Waals surface area contributed by atoms with Crippen LogP contribution in [0.4, 0.5) is 5.69 Å². The molecular weight excluding hydrogens is 218 g/mol. The van der Waals surface area contributed by atoms with Crippen LogP contribution >= 0.6 is 0 Å². The Balaban J connectivity index is 3.02. The van der Waals surface area contributed by atoms with Gasteiger partial charge in [-0.15, -0.1) is 0 Å². The molecule has 1 heteroatoms. The van der Waals surface area contributed by atoms with Crippen molar-refractivity contribution in [1.29, 1.82) is 0 Å². The maximum Gasteiger partial charge on any atom is 0.0372 e. The minimum Gasteiger partial charge on any atom is -0.372 e. The predicted molar refractivity (Wildman–Crippen MR) is 83.2 cm³/mol. The van der Waals surface area contributed by atoms with E-state index < -0.39 is 0 Å². The van der Waals surface area contributed by atoms with Crippen LogP contribution in [-0.2, 0) is 0 Å². The second kappa shape index (κ2) is 7.97. The Kier molecular flexibility index (Phi) is 6.56. The van der Waals surface area contributed by atoms with Crippen molar-refractivity contribution >= 4 is 11.3 Å². The molecule has 0 bridgehead atoms. The highest BCUT2D eigenvalue weighted by Gasteiger charge is 2.05. The lowest BCUT2D eigenvalue weighted by molar-refractivity contribution is 0.865. The maximum atomic E-state index is 2.40. The van der Waals surface area contributed by atoms with Gasteiger partial charge in [0.05, 0.1) is 0 Å². The number of allylic oxidation sites excluding steroid dienone is 2. The van der Waals surface area contributed by atoms with Crippen LogP contribution in [0.3, 0.4) is 0 Å². The summed E-state index contributed by atoms with van der Waals surface area (Å²) in [7, 11) is 0. The average Bonchev–Trinajstić information content (AvgIpc) is 2.40. The average molecular weight is 245 g/mol. The van der Waals surface area contributed by atoms with Crippen LogP contribution in [0.1, 0.15) is 52.5 Å². The van der Waals surface area contributed by atoms with Crippen molar-refractivity contribution in [2.45, 2.75) is 47.0 Å². The van der Waals surface area contributed by atoms with Crippen molar-refractivity contribution in [2.24, 2.45) is 0 Å². The van der Waals surface area contributed by atoms with Crippen molar-refractivity contribution < 1.29 is 0 Å². The molecule has 18 heavy (non-hydrogen) atoms. The van der Waals surface area contributed by atoms with E-state index in [1.807, 2.05) is 0 Å². The molecule has 0 heterocycles. The molecule has 0 aromatic heterocycles. The van der Waals surface area contributed by atoms with Gasteiger partial charge >= 0.3 is 0 Å². The summed E-state index contributed by atoms with van der Waals surface area (Å²) in [5.41, 5.74) is 4.23. The first-order chi connectivity index (χ1) is 8.76. The highest BCUT2D eigenvalue weighted by Crippen LogP contribution is 2.25. The molecule has 0 N–H and O–H groups in total. The van der Waals surface area contributed by atoms with Gasteiger partial charge in [-0.3, -0.25) is 0 Å². The van der Waals surface area contributed by atoms with Crippen LogP contribution in [0.2, 0.25) is 0 Å². The van der Waals surface area contributed by atoms with E-state index in [-0.39, 0.29) is 0 Å². The summed E-state index contributed by atoms with van der Waals surface area (Å²) in [5, 5.41) is 0. The van der Waals surface area contributed by atoms with Gasteiger partial charge in [-0.05, 0) is 50.0 Å². The molecule has 0 atom stereocenters. The van der Waals surface area contributed by atoms with E-state index in [1.165, 1.54) is 29.7 Å². The molecule has 1 aromatic carbocycles. The second-order valence-electron chi connectivity index (χ2n) is 4.61. The van der Waals surface area contributed by atoms with E-state index in [2.05, 4.69) is 62.9 Å². The van der Waals surface area contributed by atoms with Crippen molar-refractivity contribution in [1.82, 2.24) is 0 Å². The SMILES string of the molecule is CC/C=C(\CCC)c1cccc(N(CC)CC)c1. The molecule has 0 aliphatic carbocycles. The first kappa shape index (κ1) is 14.8. The third-order valence-electron chi connectivity index (χ3n) is 3.32. The van der Waals surface area contributed by atoms with E-state index in [1.54, 1.807) is 0 Å². The predicted octanol–water partition coefficient (Wildman–Crippen LogP) is 5.13. The highest BCUT2D eigenvalue weighted by molar-refractivity contribution is 5.69. The maximum absolute atomic E-state index is 2.40. The molecule has 1 aromatic rings. The van der Waals surface area contributed by atoms with E-state index in [0.29, 0.717) is 0 Å². The van der Waals surface area contributed by atoms with Crippen LogP contribution in [0.15, 0.2) is 30.3 Å². The molecule has 0 radical (unpaired) electrons. The van der Waals surface area contributed by atoms with Gasteiger partial charge < -0.3 is 4.90 Å². The van der Waals surface area contributed by atoms with Gasteiger partial charge in [-0.1, -0.05) is 38.5 Å². The Morgan fingerprint density at radius 3 is 2.39 bits per heavy atom. The van der Waals surface area contributed by atoms with Gasteiger partial charge in [-0.2, -0.15) is 0 Å². The lowest BCUT2D eigenvalue weighted by Gasteiger charge is -2.22. The van der Waals surface area contributed by atoms with Gasteiger partial charge in [0.2, 0.25) is 0 Å². The van der Waals surface area contributed by atoms with Crippen LogP contribution in [0.25, 0.3) is 5.57 Å². The van der Waals surface area contributed by atoms with Crippen molar-refractivity contribution in [2.75, 3.05) is 18.0 Å². The first-order valence-electron chi connectivity index (χ1n) is 7.31. The zero-order valence-corrected chi connectivity index (χ0v) is 12.4. The third kappa shape index (κ3) is 3.90. The van der Waals surface area contributed by atoms with Gasteiger partial charge in [-0.25, -0.2) is 0 Å². The molecule has 0 unspecified atom stereocenters.